The average molecular weight is 331 g/mol. The molecule has 0 aliphatic heterocycles. The van der Waals surface area contributed by atoms with E-state index in [4.69, 9.17) is 9.68 Å². The van der Waals surface area contributed by atoms with Crippen LogP contribution in [0.25, 0.3) is 11.5 Å². The van der Waals surface area contributed by atoms with Gasteiger partial charge in [-0.3, -0.25) is 9.78 Å². The molecule has 3 aromatic rings. The van der Waals surface area contributed by atoms with Crippen molar-refractivity contribution in [1.29, 1.82) is 5.26 Å². The van der Waals surface area contributed by atoms with Gasteiger partial charge >= 0.3 is 0 Å². The van der Waals surface area contributed by atoms with Crippen molar-refractivity contribution in [3.63, 3.8) is 0 Å². The molecule has 1 aromatic carbocycles. The van der Waals surface area contributed by atoms with Gasteiger partial charge in [0.15, 0.2) is 5.76 Å². The van der Waals surface area contributed by atoms with E-state index >= 15 is 0 Å². The van der Waals surface area contributed by atoms with E-state index in [-0.39, 0.29) is 5.91 Å². The number of rotatable bonds is 6. The molecule has 0 aliphatic rings. The standard InChI is InChI=1S/C20H17N3O2/c21-12-16-5-3-15(4-6-16)8-10-20(24)23-14-17-7-9-18(22-13-17)19-2-1-11-25-19/h1-7,9,11,13H,8,10,14H2,(H,23,24). The zero-order chi connectivity index (χ0) is 17.5. The molecule has 0 unspecified atom stereocenters. The first-order valence-electron chi connectivity index (χ1n) is 7.99. The van der Waals surface area contributed by atoms with Gasteiger partial charge in [0.05, 0.1) is 17.9 Å². The van der Waals surface area contributed by atoms with E-state index in [1.54, 1.807) is 24.6 Å². The predicted molar refractivity (Wildman–Crippen MR) is 93.3 cm³/mol. The van der Waals surface area contributed by atoms with Crippen LogP contribution in [0.4, 0.5) is 0 Å². The third-order valence-corrected chi connectivity index (χ3v) is 3.81. The quantitative estimate of drug-likeness (QED) is 0.750. The molecule has 0 fully saturated rings. The van der Waals surface area contributed by atoms with Crippen LogP contribution in [0.3, 0.4) is 0 Å². The molecule has 0 saturated heterocycles. The predicted octanol–water partition coefficient (Wildman–Crippen LogP) is 3.46. The lowest BCUT2D eigenvalue weighted by molar-refractivity contribution is -0.121. The van der Waals surface area contributed by atoms with E-state index in [0.29, 0.717) is 24.9 Å². The molecule has 1 amide bonds. The van der Waals surface area contributed by atoms with Crippen LogP contribution in [0.5, 0.6) is 0 Å². The number of carbonyl (C=O) groups is 1. The number of hydrogen-bond donors (Lipinski definition) is 1. The Bertz CT molecular complexity index is 861. The number of aromatic nitrogens is 1. The summed E-state index contributed by atoms with van der Waals surface area (Å²) in [5.41, 5.74) is 3.36. The number of furan rings is 1. The van der Waals surface area contributed by atoms with Gasteiger partial charge in [-0.25, -0.2) is 0 Å². The number of nitrogens with zero attached hydrogens (tertiary/aromatic N) is 2. The molecule has 0 radical (unpaired) electrons. The lowest BCUT2D eigenvalue weighted by Gasteiger charge is -2.06. The molecule has 3 rings (SSSR count). The number of amides is 1. The molecule has 0 saturated carbocycles. The highest BCUT2D eigenvalue weighted by Gasteiger charge is 2.05. The van der Waals surface area contributed by atoms with E-state index in [9.17, 15) is 4.79 Å². The van der Waals surface area contributed by atoms with Gasteiger partial charge in [-0.1, -0.05) is 18.2 Å². The summed E-state index contributed by atoms with van der Waals surface area (Å²) in [6, 6.07) is 16.8. The van der Waals surface area contributed by atoms with Crippen molar-refractivity contribution < 1.29 is 9.21 Å². The van der Waals surface area contributed by atoms with Crippen LogP contribution in [0.15, 0.2) is 65.4 Å². The van der Waals surface area contributed by atoms with Crippen molar-refractivity contribution in [3.05, 3.63) is 77.7 Å². The Hall–Kier alpha value is -3.39. The van der Waals surface area contributed by atoms with Crippen LogP contribution in [0.2, 0.25) is 0 Å². The maximum atomic E-state index is 12.0. The fourth-order valence-corrected chi connectivity index (χ4v) is 2.39. The minimum absolute atomic E-state index is 0.0144. The Kier molecular flexibility index (Phi) is 5.22. The fourth-order valence-electron chi connectivity index (χ4n) is 2.39. The van der Waals surface area contributed by atoms with E-state index in [1.165, 1.54) is 0 Å². The van der Waals surface area contributed by atoms with Crippen molar-refractivity contribution >= 4 is 5.91 Å². The maximum absolute atomic E-state index is 12.0. The summed E-state index contributed by atoms with van der Waals surface area (Å²) >= 11 is 0. The molecule has 2 aromatic heterocycles. The molecular weight excluding hydrogens is 314 g/mol. The van der Waals surface area contributed by atoms with Crippen LogP contribution in [-0.2, 0) is 17.8 Å². The number of pyridine rings is 1. The smallest absolute Gasteiger partial charge is 0.220 e. The fraction of sp³-hybridized carbons (Fsp3) is 0.150. The Morgan fingerprint density at radius 1 is 1.12 bits per heavy atom. The highest BCUT2D eigenvalue weighted by molar-refractivity contribution is 5.76. The number of nitriles is 1. The lowest BCUT2D eigenvalue weighted by Crippen LogP contribution is -2.23. The van der Waals surface area contributed by atoms with Gasteiger partial charge in [0.25, 0.3) is 0 Å². The molecule has 0 spiro atoms. The average Bonchev–Trinajstić information content (AvgIpc) is 3.20. The summed E-state index contributed by atoms with van der Waals surface area (Å²) in [5, 5.41) is 11.7. The van der Waals surface area contributed by atoms with Crippen LogP contribution < -0.4 is 5.32 Å². The second kappa shape index (κ2) is 7.93. The number of hydrogen-bond acceptors (Lipinski definition) is 4. The van der Waals surface area contributed by atoms with Crippen molar-refractivity contribution in [3.8, 4) is 17.5 Å². The van der Waals surface area contributed by atoms with Gasteiger partial charge in [-0.05, 0) is 47.9 Å². The van der Waals surface area contributed by atoms with Gasteiger partial charge < -0.3 is 9.73 Å². The zero-order valence-corrected chi connectivity index (χ0v) is 13.6. The number of benzene rings is 1. The SMILES string of the molecule is N#Cc1ccc(CCC(=O)NCc2ccc(-c3ccco3)nc2)cc1. The van der Waals surface area contributed by atoms with Crippen LogP contribution in [0, 0.1) is 11.3 Å². The first kappa shape index (κ1) is 16.5. The third kappa shape index (κ3) is 4.55. The second-order valence-electron chi connectivity index (χ2n) is 5.61. The van der Waals surface area contributed by atoms with E-state index in [0.717, 1.165) is 22.6 Å². The Labute approximate surface area is 145 Å². The maximum Gasteiger partial charge on any atom is 0.220 e. The molecule has 2 heterocycles. The summed E-state index contributed by atoms with van der Waals surface area (Å²) < 4.78 is 5.30. The number of aryl methyl sites for hydroxylation is 1. The number of carbonyl (C=O) groups excluding carboxylic acids is 1. The monoisotopic (exact) mass is 331 g/mol. The van der Waals surface area contributed by atoms with Crippen molar-refractivity contribution in [2.75, 3.05) is 0 Å². The minimum atomic E-state index is -0.0144. The first-order chi connectivity index (χ1) is 12.2. The molecule has 5 heteroatoms. The van der Waals surface area contributed by atoms with Crippen LogP contribution in [0.1, 0.15) is 23.1 Å². The van der Waals surface area contributed by atoms with Crippen molar-refractivity contribution in [2.45, 2.75) is 19.4 Å². The van der Waals surface area contributed by atoms with E-state index in [2.05, 4.69) is 16.4 Å². The van der Waals surface area contributed by atoms with E-state index in [1.807, 2.05) is 36.4 Å². The summed E-state index contributed by atoms with van der Waals surface area (Å²) in [4.78, 5) is 16.3. The molecule has 1 N–H and O–H groups in total. The minimum Gasteiger partial charge on any atom is -0.463 e. The Morgan fingerprint density at radius 2 is 1.92 bits per heavy atom. The second-order valence-corrected chi connectivity index (χ2v) is 5.61. The molecule has 25 heavy (non-hydrogen) atoms. The van der Waals surface area contributed by atoms with E-state index < -0.39 is 0 Å². The summed E-state index contributed by atoms with van der Waals surface area (Å²) in [6.07, 6.45) is 4.40. The lowest BCUT2D eigenvalue weighted by atomic mass is 10.1. The third-order valence-electron chi connectivity index (χ3n) is 3.81. The molecule has 5 nitrogen and oxygen atoms in total. The Balaban J connectivity index is 1.46. The van der Waals surface area contributed by atoms with Gasteiger partial charge in [0.1, 0.15) is 5.69 Å². The highest BCUT2D eigenvalue weighted by Crippen LogP contribution is 2.17. The molecule has 0 aliphatic carbocycles. The largest absolute Gasteiger partial charge is 0.463 e. The summed E-state index contributed by atoms with van der Waals surface area (Å²) in [7, 11) is 0. The van der Waals surface area contributed by atoms with Crippen LogP contribution in [-0.4, -0.2) is 10.9 Å². The topological polar surface area (TPSA) is 78.9 Å². The normalized spacial score (nSPS) is 10.2. The molecular formula is C20H17N3O2. The van der Waals surface area contributed by atoms with Gasteiger partial charge in [0.2, 0.25) is 5.91 Å². The number of nitrogens with one attached hydrogen (secondary N) is 1. The summed E-state index contributed by atoms with van der Waals surface area (Å²) in [6.45, 7) is 0.442. The van der Waals surface area contributed by atoms with Crippen molar-refractivity contribution in [1.82, 2.24) is 10.3 Å². The summed E-state index contributed by atoms with van der Waals surface area (Å²) in [5.74, 6) is 0.706. The molecule has 0 atom stereocenters. The highest BCUT2D eigenvalue weighted by atomic mass is 16.3. The Morgan fingerprint density at radius 3 is 2.56 bits per heavy atom. The molecule has 0 bridgehead atoms. The van der Waals surface area contributed by atoms with Gasteiger partial charge in [0, 0.05) is 19.2 Å². The van der Waals surface area contributed by atoms with Gasteiger partial charge in [-0.15, -0.1) is 0 Å². The zero-order valence-electron chi connectivity index (χ0n) is 13.6. The van der Waals surface area contributed by atoms with Gasteiger partial charge in [-0.2, -0.15) is 5.26 Å². The van der Waals surface area contributed by atoms with Crippen LogP contribution >= 0.6 is 0 Å². The van der Waals surface area contributed by atoms with Crippen molar-refractivity contribution in [2.24, 2.45) is 0 Å². The first-order valence-corrected chi connectivity index (χ1v) is 7.99. The molecule has 124 valence electrons.